The van der Waals surface area contributed by atoms with Crippen LogP contribution < -0.4 is 11.2 Å². The van der Waals surface area contributed by atoms with E-state index in [1.54, 1.807) is 30.2 Å². The second-order valence-electron chi connectivity index (χ2n) is 7.47. The molecule has 11 heteroatoms. The molecule has 0 amide bonds. The van der Waals surface area contributed by atoms with Gasteiger partial charge in [0, 0.05) is 35.6 Å². The third-order valence-corrected chi connectivity index (χ3v) is 6.64. The Kier molecular flexibility index (Phi) is 5.04. The van der Waals surface area contributed by atoms with Crippen molar-refractivity contribution in [3.63, 3.8) is 0 Å². The molecule has 9 nitrogen and oxygen atoms in total. The number of pyridine rings is 1. The van der Waals surface area contributed by atoms with Gasteiger partial charge in [-0.1, -0.05) is 0 Å². The lowest BCUT2D eigenvalue weighted by Crippen LogP contribution is -2.38. The van der Waals surface area contributed by atoms with Gasteiger partial charge in [-0.15, -0.1) is 11.3 Å². The predicted molar refractivity (Wildman–Crippen MR) is 124 cm³/mol. The van der Waals surface area contributed by atoms with Crippen LogP contribution in [0.25, 0.3) is 37.2 Å². The Morgan fingerprint density at radius 1 is 1.15 bits per heavy atom. The molecule has 4 aromatic heterocycles. The van der Waals surface area contributed by atoms with Crippen molar-refractivity contribution in [3.8, 4) is 28.3 Å². The summed E-state index contributed by atoms with van der Waals surface area (Å²) in [7, 11) is 1.70. The molecule has 0 unspecified atom stereocenters. The highest BCUT2D eigenvalue weighted by Gasteiger charge is 2.21. The van der Waals surface area contributed by atoms with Crippen LogP contribution in [0.2, 0.25) is 0 Å². The number of aromatic nitrogens is 5. The summed E-state index contributed by atoms with van der Waals surface area (Å²) in [6, 6.07) is 9.44. The Morgan fingerprint density at radius 2 is 1.97 bits per heavy atom. The zero-order valence-corrected chi connectivity index (χ0v) is 18.5. The highest BCUT2D eigenvalue weighted by molar-refractivity contribution is 7.22. The molecule has 5 aromatic rings. The molecule has 0 bridgehead atoms. The summed E-state index contributed by atoms with van der Waals surface area (Å²) in [5, 5.41) is 23.5. The van der Waals surface area contributed by atoms with E-state index < -0.39 is 17.1 Å². The lowest BCUT2D eigenvalue weighted by Gasteiger charge is -2.12. The molecule has 0 atom stereocenters. The molecule has 0 N–H and O–H groups in total. The molecule has 34 heavy (non-hydrogen) atoms. The van der Waals surface area contributed by atoms with Gasteiger partial charge in [0.05, 0.1) is 53.2 Å². The maximum absolute atomic E-state index is 13.7. The van der Waals surface area contributed by atoms with Crippen molar-refractivity contribution in [1.29, 1.82) is 10.5 Å². The number of halogens is 1. The molecule has 0 radical (unpaired) electrons. The first-order valence-corrected chi connectivity index (χ1v) is 10.9. The number of nitriles is 2. The average Bonchev–Trinajstić information content (AvgIpc) is 3.44. The van der Waals surface area contributed by atoms with E-state index in [4.69, 9.17) is 5.26 Å². The van der Waals surface area contributed by atoms with Crippen molar-refractivity contribution in [2.75, 3.05) is 0 Å². The summed E-state index contributed by atoms with van der Waals surface area (Å²) in [6.45, 7) is 0.0611. The quantitative estimate of drug-likeness (QED) is 0.397. The third-order valence-electron chi connectivity index (χ3n) is 5.50. The lowest BCUT2D eigenvalue weighted by molar-refractivity contribution is 0.627. The van der Waals surface area contributed by atoms with Crippen LogP contribution in [0.5, 0.6) is 0 Å². The van der Waals surface area contributed by atoms with E-state index in [-0.39, 0.29) is 28.9 Å². The van der Waals surface area contributed by atoms with Crippen LogP contribution in [0.3, 0.4) is 0 Å². The van der Waals surface area contributed by atoms with Crippen molar-refractivity contribution in [1.82, 2.24) is 23.9 Å². The number of hydrogen-bond donors (Lipinski definition) is 0. The SMILES string of the molecule is Cn1ncc2cncc(-n3c(=O)c4sc(-c5ccc(F)cc5C#N)cc4n(CCC#N)c3=O)c21. The standard InChI is InChI=1S/C23H14FN7O2S/c1-29-20-14(11-28-29)10-27-12-18(20)31-22(32)21-17(30(23(31)33)6-2-5-25)8-19(34-21)16-4-3-15(24)7-13(16)9-26/h3-4,7-8,10-12H,2,6H2,1H3. The Balaban J connectivity index is 1.87. The Morgan fingerprint density at radius 3 is 2.74 bits per heavy atom. The smallest absolute Gasteiger partial charge is 0.291 e. The zero-order valence-electron chi connectivity index (χ0n) is 17.7. The molecular formula is C23H14FN7O2S. The van der Waals surface area contributed by atoms with Gasteiger partial charge in [-0.05, 0) is 24.3 Å². The molecule has 5 rings (SSSR count). The zero-order chi connectivity index (χ0) is 24.0. The van der Waals surface area contributed by atoms with E-state index >= 15 is 0 Å². The normalized spacial score (nSPS) is 11.1. The van der Waals surface area contributed by atoms with E-state index in [1.165, 1.54) is 22.9 Å². The fraction of sp³-hybridized carbons (Fsp3) is 0.130. The van der Waals surface area contributed by atoms with Crippen molar-refractivity contribution >= 4 is 32.5 Å². The number of rotatable bonds is 4. The van der Waals surface area contributed by atoms with E-state index in [0.29, 0.717) is 26.9 Å². The van der Waals surface area contributed by atoms with Crippen molar-refractivity contribution in [2.45, 2.75) is 13.0 Å². The molecule has 0 aliphatic rings. The molecule has 0 aliphatic heterocycles. The van der Waals surface area contributed by atoms with Crippen LogP contribution in [0.15, 0.2) is 52.4 Å². The van der Waals surface area contributed by atoms with Gasteiger partial charge in [0.2, 0.25) is 0 Å². The number of thiophene rings is 1. The molecule has 0 fully saturated rings. The van der Waals surface area contributed by atoms with Gasteiger partial charge in [-0.25, -0.2) is 13.8 Å². The minimum absolute atomic E-state index is 0.0482. The second kappa shape index (κ2) is 8.06. The van der Waals surface area contributed by atoms with Crippen molar-refractivity contribution in [2.24, 2.45) is 7.05 Å². The molecule has 0 spiro atoms. The largest absolute Gasteiger partial charge is 0.336 e. The summed E-state index contributed by atoms with van der Waals surface area (Å²) in [4.78, 5) is 31.9. The first-order chi connectivity index (χ1) is 16.4. The van der Waals surface area contributed by atoms with Gasteiger partial charge in [-0.2, -0.15) is 15.6 Å². The van der Waals surface area contributed by atoms with E-state index in [9.17, 15) is 19.2 Å². The number of nitrogens with zero attached hydrogens (tertiary/aromatic N) is 7. The summed E-state index contributed by atoms with van der Waals surface area (Å²) >= 11 is 1.10. The molecule has 0 aliphatic carbocycles. The number of hydrogen-bond acceptors (Lipinski definition) is 7. The minimum Gasteiger partial charge on any atom is -0.291 e. The number of fused-ring (bicyclic) bond motifs is 2. The summed E-state index contributed by atoms with van der Waals surface area (Å²) < 4.78 is 17.9. The molecule has 0 saturated heterocycles. The maximum atomic E-state index is 13.7. The topological polar surface area (TPSA) is 122 Å². The van der Waals surface area contributed by atoms with Gasteiger partial charge in [0.15, 0.2) is 0 Å². The Labute approximate surface area is 194 Å². The molecular weight excluding hydrogens is 457 g/mol. The van der Waals surface area contributed by atoms with Gasteiger partial charge in [0.1, 0.15) is 10.5 Å². The molecule has 4 heterocycles. The summed E-state index contributed by atoms with van der Waals surface area (Å²) in [5.41, 5.74) is 0.567. The van der Waals surface area contributed by atoms with Crippen molar-refractivity contribution < 1.29 is 4.39 Å². The summed E-state index contributed by atoms with van der Waals surface area (Å²) in [6.07, 6.45) is 4.65. The fourth-order valence-electron chi connectivity index (χ4n) is 3.97. The first-order valence-electron chi connectivity index (χ1n) is 10.1. The number of aryl methyl sites for hydroxylation is 2. The number of benzene rings is 1. The van der Waals surface area contributed by atoms with Gasteiger partial charge in [-0.3, -0.25) is 19.0 Å². The minimum atomic E-state index is -0.618. The maximum Gasteiger partial charge on any atom is 0.336 e. The van der Waals surface area contributed by atoms with Gasteiger partial charge >= 0.3 is 5.69 Å². The average molecular weight is 471 g/mol. The van der Waals surface area contributed by atoms with Crippen LogP contribution in [0, 0.1) is 28.5 Å². The monoisotopic (exact) mass is 471 g/mol. The van der Waals surface area contributed by atoms with Gasteiger partial charge in [0.25, 0.3) is 5.56 Å². The molecule has 1 aromatic carbocycles. The van der Waals surface area contributed by atoms with Crippen LogP contribution in [0.4, 0.5) is 4.39 Å². The predicted octanol–water partition coefficient (Wildman–Crippen LogP) is 3.09. The Bertz CT molecular complexity index is 1810. The third kappa shape index (κ3) is 3.18. The van der Waals surface area contributed by atoms with Crippen LogP contribution in [0.1, 0.15) is 12.0 Å². The summed E-state index contributed by atoms with van der Waals surface area (Å²) in [5.74, 6) is -0.550. The van der Waals surface area contributed by atoms with E-state index in [0.717, 1.165) is 22.0 Å². The molecule has 166 valence electrons. The van der Waals surface area contributed by atoms with E-state index in [1.807, 2.05) is 12.1 Å². The van der Waals surface area contributed by atoms with Crippen LogP contribution in [-0.2, 0) is 13.6 Å². The van der Waals surface area contributed by atoms with Gasteiger partial charge < -0.3 is 0 Å². The highest BCUT2D eigenvalue weighted by Crippen LogP contribution is 2.34. The second-order valence-corrected chi connectivity index (χ2v) is 8.53. The molecule has 0 saturated carbocycles. The highest BCUT2D eigenvalue weighted by atomic mass is 32.1. The van der Waals surface area contributed by atoms with Crippen LogP contribution >= 0.6 is 11.3 Å². The lowest BCUT2D eigenvalue weighted by atomic mass is 10.1. The van der Waals surface area contributed by atoms with Crippen LogP contribution in [-0.4, -0.2) is 23.9 Å². The first kappa shape index (κ1) is 21.2. The van der Waals surface area contributed by atoms with Crippen molar-refractivity contribution in [3.05, 3.63) is 75.1 Å². The van der Waals surface area contributed by atoms with E-state index in [2.05, 4.69) is 10.1 Å². The Hall–Kier alpha value is -4.61. The fourth-order valence-corrected chi connectivity index (χ4v) is 5.10.